The van der Waals surface area contributed by atoms with Gasteiger partial charge >= 0.3 is 11.7 Å². The third-order valence-corrected chi connectivity index (χ3v) is 1.82. The van der Waals surface area contributed by atoms with Crippen molar-refractivity contribution >= 4 is 5.97 Å². The fraction of sp³-hybridized carbons (Fsp3) is 0.500. The second-order valence-corrected chi connectivity index (χ2v) is 2.78. The lowest BCUT2D eigenvalue weighted by Gasteiger charge is -2.02. The smallest absolute Gasteiger partial charge is 0.354 e. The van der Waals surface area contributed by atoms with E-state index in [0.717, 1.165) is 0 Å². The van der Waals surface area contributed by atoms with Crippen molar-refractivity contribution in [3.8, 4) is 0 Å². The highest BCUT2D eigenvalue weighted by molar-refractivity contribution is 5.85. The summed E-state index contributed by atoms with van der Waals surface area (Å²) in [5, 5.41) is 8.72. The molecule has 0 aliphatic carbocycles. The minimum atomic E-state index is -1.11. The van der Waals surface area contributed by atoms with Crippen LogP contribution in [0.5, 0.6) is 0 Å². The predicted octanol–water partition coefficient (Wildman–Crippen LogP) is -0.0889. The molecule has 0 atom stereocenters. The number of nitrogens with one attached hydrogen (secondary N) is 1. The number of nitrogens with zero attached hydrogens (tertiary/aromatic N) is 1. The number of rotatable bonds is 5. The van der Waals surface area contributed by atoms with Crippen LogP contribution in [0.15, 0.2) is 11.0 Å². The van der Waals surface area contributed by atoms with Gasteiger partial charge in [0.05, 0.1) is 0 Å². The van der Waals surface area contributed by atoms with Gasteiger partial charge in [-0.1, -0.05) is 0 Å². The molecule has 14 heavy (non-hydrogen) atoms. The summed E-state index contributed by atoms with van der Waals surface area (Å²) in [6.45, 7) is 0.842. The summed E-state index contributed by atoms with van der Waals surface area (Å²) in [4.78, 5) is 24.1. The molecule has 1 rings (SSSR count). The highest BCUT2D eigenvalue weighted by Crippen LogP contribution is 1.96. The molecule has 1 aromatic heterocycles. The van der Waals surface area contributed by atoms with Crippen LogP contribution in [0, 0.1) is 0 Å². The normalized spacial score (nSPS) is 10.4. The lowest BCUT2D eigenvalue weighted by Crippen LogP contribution is -2.21. The minimum Gasteiger partial charge on any atom is -0.477 e. The molecule has 0 saturated heterocycles. The molecule has 0 aromatic carbocycles. The number of aromatic nitrogens is 2. The fourth-order valence-electron chi connectivity index (χ4n) is 1.16. The molecule has 0 aliphatic heterocycles. The summed E-state index contributed by atoms with van der Waals surface area (Å²) in [5.74, 6) is -1.11. The third-order valence-electron chi connectivity index (χ3n) is 1.82. The van der Waals surface area contributed by atoms with Crippen LogP contribution in [-0.2, 0) is 11.3 Å². The number of imidazole rings is 1. The molecule has 78 valence electrons. The Labute approximate surface area is 80.1 Å². The third kappa shape index (κ3) is 2.23. The van der Waals surface area contributed by atoms with E-state index in [0.29, 0.717) is 19.6 Å². The molecule has 1 aromatic rings. The van der Waals surface area contributed by atoms with Gasteiger partial charge in [0, 0.05) is 26.5 Å². The standard InChI is InChI=1S/C8H12N2O4/c1-14-4-2-3-10-6(7(11)12)5-9-8(10)13/h5H,2-4H2,1H3,(H,9,13)(H,11,12). The highest BCUT2D eigenvalue weighted by Gasteiger charge is 2.11. The van der Waals surface area contributed by atoms with Crippen molar-refractivity contribution in [1.29, 1.82) is 0 Å². The maximum absolute atomic E-state index is 11.1. The Bertz CT molecular complexity index is 366. The number of aromatic carboxylic acids is 1. The summed E-state index contributed by atoms with van der Waals surface area (Å²) in [7, 11) is 1.55. The first-order valence-corrected chi connectivity index (χ1v) is 4.17. The summed E-state index contributed by atoms with van der Waals surface area (Å²) >= 11 is 0. The zero-order chi connectivity index (χ0) is 10.6. The molecule has 0 aliphatic rings. The number of carboxylic acids is 1. The van der Waals surface area contributed by atoms with Crippen molar-refractivity contribution in [3.05, 3.63) is 22.4 Å². The Morgan fingerprint density at radius 1 is 1.71 bits per heavy atom. The van der Waals surface area contributed by atoms with Crippen molar-refractivity contribution in [1.82, 2.24) is 9.55 Å². The molecule has 0 amide bonds. The molecule has 6 heteroatoms. The van der Waals surface area contributed by atoms with Gasteiger partial charge in [0.15, 0.2) is 0 Å². The van der Waals surface area contributed by atoms with Gasteiger partial charge in [0.1, 0.15) is 5.69 Å². The Kier molecular flexibility index (Phi) is 3.47. The lowest BCUT2D eigenvalue weighted by atomic mass is 10.4. The number of hydrogen-bond acceptors (Lipinski definition) is 3. The first-order valence-electron chi connectivity index (χ1n) is 4.17. The van der Waals surface area contributed by atoms with E-state index in [9.17, 15) is 9.59 Å². The SMILES string of the molecule is COCCCn1c(C(=O)O)c[nH]c1=O. The highest BCUT2D eigenvalue weighted by atomic mass is 16.5. The van der Waals surface area contributed by atoms with E-state index in [1.165, 1.54) is 10.8 Å². The van der Waals surface area contributed by atoms with Crippen molar-refractivity contribution in [3.63, 3.8) is 0 Å². The molecule has 0 saturated carbocycles. The Hall–Kier alpha value is -1.56. The molecule has 0 bridgehead atoms. The zero-order valence-corrected chi connectivity index (χ0v) is 7.82. The molecule has 0 spiro atoms. The number of carbonyl (C=O) groups is 1. The van der Waals surface area contributed by atoms with E-state index in [-0.39, 0.29) is 5.69 Å². The van der Waals surface area contributed by atoms with Crippen LogP contribution in [0.3, 0.4) is 0 Å². The van der Waals surface area contributed by atoms with Crippen LogP contribution in [-0.4, -0.2) is 34.3 Å². The van der Waals surface area contributed by atoms with Crippen molar-refractivity contribution in [2.24, 2.45) is 0 Å². The van der Waals surface area contributed by atoms with Crippen molar-refractivity contribution < 1.29 is 14.6 Å². The molecule has 1 heterocycles. The fourth-order valence-corrected chi connectivity index (χ4v) is 1.16. The largest absolute Gasteiger partial charge is 0.477 e. The molecule has 0 fully saturated rings. The molecule has 2 N–H and O–H groups in total. The summed E-state index contributed by atoms with van der Waals surface area (Å²) in [5.41, 5.74) is -0.426. The van der Waals surface area contributed by atoms with Crippen LogP contribution < -0.4 is 5.69 Å². The van der Waals surface area contributed by atoms with E-state index in [1.54, 1.807) is 7.11 Å². The number of H-pyrrole nitrogens is 1. The van der Waals surface area contributed by atoms with Gasteiger partial charge in [-0.25, -0.2) is 9.59 Å². The Balaban J connectivity index is 2.78. The average Bonchev–Trinajstić information content (AvgIpc) is 2.48. The molecule has 0 unspecified atom stereocenters. The van der Waals surface area contributed by atoms with Crippen LogP contribution in [0.2, 0.25) is 0 Å². The van der Waals surface area contributed by atoms with E-state index in [1.807, 2.05) is 0 Å². The van der Waals surface area contributed by atoms with Crippen molar-refractivity contribution in [2.75, 3.05) is 13.7 Å². The number of carboxylic acid groups (broad SMARTS) is 1. The van der Waals surface area contributed by atoms with Gasteiger partial charge in [-0.05, 0) is 6.42 Å². The summed E-state index contributed by atoms with van der Waals surface area (Å²) in [6.07, 6.45) is 1.80. The van der Waals surface area contributed by atoms with Crippen LogP contribution >= 0.6 is 0 Å². The maximum Gasteiger partial charge on any atom is 0.354 e. The monoisotopic (exact) mass is 200 g/mol. The van der Waals surface area contributed by atoms with Gasteiger partial charge in [0.2, 0.25) is 0 Å². The van der Waals surface area contributed by atoms with Crippen LogP contribution in [0.25, 0.3) is 0 Å². The van der Waals surface area contributed by atoms with Gasteiger partial charge in [-0.2, -0.15) is 0 Å². The number of hydrogen-bond donors (Lipinski definition) is 2. The molecule has 0 radical (unpaired) electrons. The number of ether oxygens (including phenoxy) is 1. The second-order valence-electron chi connectivity index (χ2n) is 2.78. The number of aromatic amines is 1. The molecule has 6 nitrogen and oxygen atoms in total. The van der Waals surface area contributed by atoms with Crippen LogP contribution in [0.1, 0.15) is 16.9 Å². The molecular weight excluding hydrogens is 188 g/mol. The van der Waals surface area contributed by atoms with E-state index >= 15 is 0 Å². The van der Waals surface area contributed by atoms with Gasteiger partial charge < -0.3 is 14.8 Å². The van der Waals surface area contributed by atoms with E-state index < -0.39 is 11.7 Å². The quantitative estimate of drug-likeness (QED) is 0.650. The Morgan fingerprint density at radius 3 is 3.00 bits per heavy atom. The maximum atomic E-state index is 11.1. The van der Waals surface area contributed by atoms with E-state index in [4.69, 9.17) is 9.84 Å². The summed E-state index contributed by atoms with van der Waals surface area (Å²) in [6, 6.07) is 0. The number of methoxy groups -OCH3 is 1. The average molecular weight is 200 g/mol. The lowest BCUT2D eigenvalue weighted by molar-refractivity contribution is 0.0683. The molecular formula is C8H12N2O4. The first-order chi connectivity index (χ1) is 6.66. The first kappa shape index (κ1) is 10.5. The van der Waals surface area contributed by atoms with Gasteiger partial charge in [-0.15, -0.1) is 0 Å². The second kappa shape index (κ2) is 4.61. The van der Waals surface area contributed by atoms with E-state index in [2.05, 4.69) is 4.98 Å². The Morgan fingerprint density at radius 2 is 2.43 bits per heavy atom. The zero-order valence-electron chi connectivity index (χ0n) is 7.82. The van der Waals surface area contributed by atoms with Crippen LogP contribution in [0.4, 0.5) is 0 Å². The minimum absolute atomic E-state index is 0.0221. The van der Waals surface area contributed by atoms with Gasteiger partial charge in [-0.3, -0.25) is 4.57 Å². The topological polar surface area (TPSA) is 84.3 Å². The van der Waals surface area contributed by atoms with Crippen molar-refractivity contribution in [2.45, 2.75) is 13.0 Å². The van der Waals surface area contributed by atoms with Gasteiger partial charge in [0.25, 0.3) is 0 Å². The predicted molar refractivity (Wildman–Crippen MR) is 48.5 cm³/mol. The summed E-state index contributed by atoms with van der Waals surface area (Å²) < 4.78 is 5.99.